The Hall–Kier alpha value is -2.98. The summed E-state index contributed by atoms with van der Waals surface area (Å²) >= 11 is 0. The van der Waals surface area contributed by atoms with Gasteiger partial charge in [-0.15, -0.1) is 0 Å². The minimum atomic E-state index is -4.03. The van der Waals surface area contributed by atoms with Crippen molar-refractivity contribution in [2.75, 3.05) is 19.7 Å². The summed E-state index contributed by atoms with van der Waals surface area (Å²) < 4.78 is 45.9. The number of amides is 2. The predicted octanol–water partition coefficient (Wildman–Crippen LogP) is 2.08. The van der Waals surface area contributed by atoms with Crippen LogP contribution in [-0.2, 0) is 10.0 Å². The lowest BCUT2D eigenvalue weighted by atomic mass is 10.2. The van der Waals surface area contributed by atoms with Gasteiger partial charge in [0.1, 0.15) is 16.5 Å². The van der Waals surface area contributed by atoms with Crippen molar-refractivity contribution < 1.29 is 27.1 Å². The van der Waals surface area contributed by atoms with Crippen LogP contribution in [0, 0.1) is 5.82 Å². The van der Waals surface area contributed by atoms with E-state index in [2.05, 4.69) is 10.9 Å². The summed E-state index contributed by atoms with van der Waals surface area (Å²) in [6.07, 6.45) is 1.41. The van der Waals surface area contributed by atoms with Gasteiger partial charge in [-0.3, -0.25) is 20.4 Å². The van der Waals surface area contributed by atoms with Crippen molar-refractivity contribution in [3.8, 4) is 5.75 Å². The van der Waals surface area contributed by atoms with E-state index in [1.165, 1.54) is 16.4 Å². The predicted molar refractivity (Wildman–Crippen MR) is 107 cm³/mol. The third kappa shape index (κ3) is 4.77. The van der Waals surface area contributed by atoms with Gasteiger partial charge in [0, 0.05) is 24.2 Å². The van der Waals surface area contributed by atoms with Crippen LogP contribution in [-0.4, -0.2) is 44.2 Å². The quantitative estimate of drug-likeness (QED) is 0.676. The monoisotopic (exact) mass is 435 g/mol. The molecule has 0 aromatic heterocycles. The van der Waals surface area contributed by atoms with Gasteiger partial charge >= 0.3 is 0 Å². The smallest absolute Gasteiger partial charge is 0.269 e. The van der Waals surface area contributed by atoms with Crippen LogP contribution in [0.15, 0.2) is 47.4 Å². The number of rotatable bonds is 6. The highest BCUT2D eigenvalue weighted by Gasteiger charge is 2.30. The fourth-order valence-electron chi connectivity index (χ4n) is 3.04. The van der Waals surface area contributed by atoms with Crippen LogP contribution in [0.1, 0.15) is 40.5 Å². The summed E-state index contributed by atoms with van der Waals surface area (Å²) in [5.41, 5.74) is 4.64. The van der Waals surface area contributed by atoms with Gasteiger partial charge in [-0.05, 0) is 62.2 Å². The summed E-state index contributed by atoms with van der Waals surface area (Å²) in [5.74, 6) is -1.67. The zero-order valence-corrected chi connectivity index (χ0v) is 17.2. The third-order valence-electron chi connectivity index (χ3n) is 4.59. The molecule has 0 unspecified atom stereocenters. The van der Waals surface area contributed by atoms with Crippen molar-refractivity contribution in [3.63, 3.8) is 0 Å². The lowest BCUT2D eigenvalue weighted by molar-refractivity contribution is 0.0846. The largest absolute Gasteiger partial charge is 0.494 e. The Bertz CT molecular complexity index is 1030. The SMILES string of the molecule is CCOc1ccc(C(=O)NNC(=O)c2ccc(F)c(S(=O)(=O)N3CCCC3)c2)cc1. The number of nitrogens with zero attached hydrogens (tertiary/aromatic N) is 1. The molecule has 0 radical (unpaired) electrons. The van der Waals surface area contributed by atoms with E-state index in [0.717, 1.165) is 18.2 Å². The Morgan fingerprint density at radius 3 is 2.17 bits per heavy atom. The summed E-state index contributed by atoms with van der Waals surface area (Å²) in [6, 6.07) is 9.35. The van der Waals surface area contributed by atoms with Crippen LogP contribution >= 0.6 is 0 Å². The molecule has 30 heavy (non-hydrogen) atoms. The van der Waals surface area contributed by atoms with Gasteiger partial charge in [0.2, 0.25) is 10.0 Å². The van der Waals surface area contributed by atoms with Crippen molar-refractivity contribution >= 4 is 21.8 Å². The molecule has 1 aliphatic rings. The molecule has 1 saturated heterocycles. The van der Waals surface area contributed by atoms with E-state index in [1.807, 2.05) is 6.92 Å². The molecule has 1 fully saturated rings. The average Bonchev–Trinajstić information content (AvgIpc) is 3.28. The zero-order chi connectivity index (χ0) is 21.7. The molecule has 0 bridgehead atoms. The highest BCUT2D eigenvalue weighted by Crippen LogP contribution is 2.24. The number of nitrogens with one attached hydrogen (secondary N) is 2. The maximum absolute atomic E-state index is 14.2. The maximum Gasteiger partial charge on any atom is 0.269 e. The molecule has 0 atom stereocenters. The first-order valence-electron chi connectivity index (χ1n) is 9.46. The number of hydrogen-bond acceptors (Lipinski definition) is 5. The van der Waals surface area contributed by atoms with E-state index < -0.39 is 32.6 Å². The molecule has 160 valence electrons. The molecule has 2 amide bonds. The normalized spacial score (nSPS) is 14.3. The van der Waals surface area contributed by atoms with Gasteiger partial charge in [-0.2, -0.15) is 4.31 Å². The first kappa shape index (κ1) is 21.7. The van der Waals surface area contributed by atoms with Gasteiger partial charge in [0.05, 0.1) is 6.61 Å². The second-order valence-corrected chi connectivity index (χ2v) is 8.53. The Morgan fingerprint density at radius 2 is 1.57 bits per heavy atom. The Balaban J connectivity index is 1.69. The van der Waals surface area contributed by atoms with Crippen molar-refractivity contribution in [1.82, 2.24) is 15.2 Å². The Labute approximate surface area is 174 Å². The average molecular weight is 435 g/mol. The van der Waals surface area contributed by atoms with Crippen molar-refractivity contribution in [2.24, 2.45) is 0 Å². The fraction of sp³-hybridized carbons (Fsp3) is 0.300. The molecular weight excluding hydrogens is 413 g/mol. The molecule has 10 heteroatoms. The molecule has 3 rings (SSSR count). The molecule has 0 spiro atoms. The lowest BCUT2D eigenvalue weighted by Gasteiger charge is -2.16. The maximum atomic E-state index is 14.2. The summed E-state index contributed by atoms with van der Waals surface area (Å²) in [7, 11) is -4.03. The Kier molecular flexibility index (Phi) is 6.68. The van der Waals surface area contributed by atoms with E-state index in [9.17, 15) is 22.4 Å². The highest BCUT2D eigenvalue weighted by molar-refractivity contribution is 7.89. The van der Waals surface area contributed by atoms with Gasteiger partial charge < -0.3 is 4.74 Å². The summed E-state index contributed by atoms with van der Waals surface area (Å²) in [6.45, 7) is 2.97. The first-order chi connectivity index (χ1) is 14.3. The molecule has 0 aliphatic carbocycles. The van der Waals surface area contributed by atoms with Crippen molar-refractivity contribution in [1.29, 1.82) is 0 Å². The van der Waals surface area contributed by atoms with Gasteiger partial charge in [-0.25, -0.2) is 12.8 Å². The molecule has 2 aromatic carbocycles. The number of halogens is 1. The second-order valence-electron chi connectivity index (χ2n) is 6.62. The number of hydrazine groups is 1. The zero-order valence-electron chi connectivity index (χ0n) is 16.4. The minimum Gasteiger partial charge on any atom is -0.494 e. The number of carbonyl (C=O) groups is 2. The van der Waals surface area contributed by atoms with Gasteiger partial charge in [0.25, 0.3) is 11.8 Å². The number of benzene rings is 2. The van der Waals surface area contributed by atoms with Crippen LogP contribution in [0.25, 0.3) is 0 Å². The fourth-order valence-corrected chi connectivity index (χ4v) is 4.64. The molecule has 0 saturated carbocycles. The van der Waals surface area contributed by atoms with E-state index in [1.54, 1.807) is 12.1 Å². The van der Waals surface area contributed by atoms with Crippen molar-refractivity contribution in [2.45, 2.75) is 24.7 Å². The van der Waals surface area contributed by atoms with Crippen molar-refractivity contribution in [3.05, 3.63) is 59.4 Å². The number of ether oxygens (including phenoxy) is 1. The molecule has 8 nitrogen and oxygen atoms in total. The molecule has 2 N–H and O–H groups in total. The molecule has 1 aliphatic heterocycles. The number of sulfonamides is 1. The molecular formula is C20H22FN3O5S. The third-order valence-corrected chi connectivity index (χ3v) is 6.51. The van der Waals surface area contributed by atoms with E-state index in [4.69, 9.17) is 4.74 Å². The van der Waals surface area contributed by atoms with Crippen LogP contribution in [0.2, 0.25) is 0 Å². The minimum absolute atomic E-state index is 0.0961. The number of carbonyl (C=O) groups excluding carboxylic acids is 2. The van der Waals surface area contributed by atoms with E-state index >= 15 is 0 Å². The highest BCUT2D eigenvalue weighted by atomic mass is 32.2. The van der Waals surface area contributed by atoms with Gasteiger partial charge in [-0.1, -0.05) is 0 Å². The standard InChI is InChI=1S/C20H22FN3O5S/c1-2-29-16-8-5-14(6-9-16)19(25)22-23-20(26)15-7-10-17(21)18(13-15)30(27,28)24-11-3-4-12-24/h5-10,13H,2-4,11-12H2,1H3,(H,22,25)(H,23,26). The van der Waals surface area contributed by atoms with E-state index in [-0.39, 0.29) is 11.1 Å². The van der Waals surface area contributed by atoms with Crippen LogP contribution in [0.5, 0.6) is 5.75 Å². The van der Waals surface area contributed by atoms with Gasteiger partial charge in [0.15, 0.2) is 0 Å². The van der Waals surface area contributed by atoms with Crippen LogP contribution in [0.4, 0.5) is 4.39 Å². The van der Waals surface area contributed by atoms with Crippen LogP contribution < -0.4 is 15.6 Å². The first-order valence-corrected chi connectivity index (χ1v) is 10.9. The molecule has 1 heterocycles. The number of hydrogen-bond donors (Lipinski definition) is 2. The second kappa shape index (κ2) is 9.23. The molecule has 2 aromatic rings. The Morgan fingerprint density at radius 1 is 1.00 bits per heavy atom. The summed E-state index contributed by atoms with van der Waals surface area (Å²) in [4.78, 5) is 24.0. The topological polar surface area (TPSA) is 105 Å². The lowest BCUT2D eigenvalue weighted by Crippen LogP contribution is -2.41. The van der Waals surface area contributed by atoms with E-state index in [0.29, 0.717) is 38.3 Å². The van der Waals surface area contributed by atoms with Crippen LogP contribution in [0.3, 0.4) is 0 Å². The summed E-state index contributed by atoms with van der Waals surface area (Å²) in [5, 5.41) is 0.